The van der Waals surface area contributed by atoms with E-state index < -0.39 is 0 Å². The van der Waals surface area contributed by atoms with Crippen LogP contribution in [0.2, 0.25) is 0 Å². The molecule has 0 aliphatic rings. The highest BCUT2D eigenvalue weighted by Gasteiger charge is 2.18. The lowest BCUT2D eigenvalue weighted by molar-refractivity contribution is -0.120. The van der Waals surface area contributed by atoms with Gasteiger partial charge in [0.25, 0.3) is 0 Å². The lowest BCUT2D eigenvalue weighted by Crippen LogP contribution is -2.30. The fourth-order valence-electron chi connectivity index (χ4n) is 2.25. The van der Waals surface area contributed by atoms with Crippen molar-refractivity contribution in [1.29, 1.82) is 0 Å². The summed E-state index contributed by atoms with van der Waals surface area (Å²) < 4.78 is 0. The van der Waals surface area contributed by atoms with E-state index >= 15 is 0 Å². The third kappa shape index (κ3) is 3.35. The second-order valence-corrected chi connectivity index (χ2v) is 5.33. The van der Waals surface area contributed by atoms with Crippen molar-refractivity contribution in [2.45, 2.75) is 20.3 Å². The molecule has 4 heteroatoms. The number of carbonyl (C=O) groups is 1. The van der Waals surface area contributed by atoms with E-state index in [9.17, 15) is 4.79 Å². The number of anilines is 1. The number of amides is 1. The van der Waals surface area contributed by atoms with Crippen molar-refractivity contribution in [3.8, 4) is 0 Å². The number of benzene rings is 1. The molecule has 0 aliphatic carbocycles. The Kier molecular flexibility index (Phi) is 4.22. The molecular weight excluding hydrogens is 238 g/mol. The molecule has 0 bridgehead atoms. The number of carbonyl (C=O) groups excluding carboxylic acids is 1. The van der Waals surface area contributed by atoms with Crippen molar-refractivity contribution in [3.05, 3.63) is 30.5 Å². The van der Waals surface area contributed by atoms with E-state index in [4.69, 9.17) is 5.73 Å². The van der Waals surface area contributed by atoms with Gasteiger partial charge in [0.15, 0.2) is 0 Å². The predicted molar refractivity (Wildman–Crippen MR) is 78.9 cm³/mol. The minimum absolute atomic E-state index is 0.00563. The normalized spacial score (nSPS) is 12.8. The third-order valence-corrected chi connectivity index (χ3v) is 3.23. The maximum absolute atomic E-state index is 12.2. The molecule has 1 amide bonds. The van der Waals surface area contributed by atoms with Crippen LogP contribution in [0.15, 0.2) is 30.5 Å². The van der Waals surface area contributed by atoms with Crippen LogP contribution in [0.5, 0.6) is 0 Å². The number of nitrogens with one attached hydrogen (secondary N) is 2. The number of hydrogen-bond donors (Lipinski definition) is 3. The average Bonchev–Trinajstić information content (AvgIpc) is 2.82. The van der Waals surface area contributed by atoms with Gasteiger partial charge < -0.3 is 16.0 Å². The predicted octanol–water partition coefficient (Wildman–Crippen LogP) is 2.73. The summed E-state index contributed by atoms with van der Waals surface area (Å²) >= 11 is 0. The molecule has 1 unspecified atom stereocenters. The summed E-state index contributed by atoms with van der Waals surface area (Å²) in [5.74, 6) is 0.347. The Balaban J connectivity index is 2.08. The van der Waals surface area contributed by atoms with E-state index in [-0.39, 0.29) is 11.8 Å². The summed E-state index contributed by atoms with van der Waals surface area (Å²) in [5.41, 5.74) is 7.57. The van der Waals surface area contributed by atoms with Crippen LogP contribution < -0.4 is 11.1 Å². The first-order chi connectivity index (χ1) is 9.10. The summed E-state index contributed by atoms with van der Waals surface area (Å²) in [6, 6.07) is 7.82. The van der Waals surface area contributed by atoms with Gasteiger partial charge in [-0.2, -0.15) is 0 Å². The van der Waals surface area contributed by atoms with E-state index in [2.05, 4.69) is 24.1 Å². The third-order valence-electron chi connectivity index (χ3n) is 3.23. The van der Waals surface area contributed by atoms with Crippen LogP contribution in [0.4, 0.5) is 5.69 Å². The first-order valence-electron chi connectivity index (χ1n) is 6.68. The fraction of sp³-hybridized carbons (Fsp3) is 0.400. The highest BCUT2D eigenvalue weighted by atomic mass is 16.1. The van der Waals surface area contributed by atoms with Crippen molar-refractivity contribution in [1.82, 2.24) is 4.98 Å². The Morgan fingerprint density at radius 3 is 2.84 bits per heavy atom. The van der Waals surface area contributed by atoms with Crippen LogP contribution in [0.1, 0.15) is 20.3 Å². The first-order valence-corrected chi connectivity index (χ1v) is 6.68. The molecule has 19 heavy (non-hydrogen) atoms. The van der Waals surface area contributed by atoms with Gasteiger partial charge in [0, 0.05) is 29.3 Å². The first kappa shape index (κ1) is 13.6. The molecule has 4 N–H and O–H groups in total. The minimum Gasteiger partial charge on any atom is -0.361 e. The SMILES string of the molecule is CC(C)CC(CN)C(=O)Nc1ccc2[nH]ccc2c1. The van der Waals surface area contributed by atoms with E-state index in [1.54, 1.807) is 0 Å². The molecule has 2 aromatic rings. The van der Waals surface area contributed by atoms with Crippen molar-refractivity contribution < 1.29 is 4.79 Å². The molecule has 2 rings (SSSR count). The fourth-order valence-corrected chi connectivity index (χ4v) is 2.25. The van der Waals surface area contributed by atoms with Gasteiger partial charge in [-0.05, 0) is 36.6 Å². The number of aromatic nitrogens is 1. The molecule has 1 heterocycles. The molecule has 0 saturated heterocycles. The topological polar surface area (TPSA) is 70.9 Å². The lowest BCUT2D eigenvalue weighted by Gasteiger charge is -2.16. The molecule has 0 saturated carbocycles. The number of nitrogens with two attached hydrogens (primary N) is 1. The van der Waals surface area contributed by atoms with Gasteiger partial charge in [-0.3, -0.25) is 4.79 Å². The van der Waals surface area contributed by atoms with Gasteiger partial charge in [-0.1, -0.05) is 13.8 Å². The standard InChI is InChI=1S/C15H21N3O/c1-10(2)7-12(9-16)15(19)18-13-3-4-14-11(8-13)5-6-17-14/h3-6,8,10,12,17H,7,9,16H2,1-2H3,(H,18,19). The van der Waals surface area contributed by atoms with Crippen LogP contribution in [-0.2, 0) is 4.79 Å². The Morgan fingerprint density at radius 2 is 2.16 bits per heavy atom. The van der Waals surface area contributed by atoms with Gasteiger partial charge in [-0.25, -0.2) is 0 Å². The van der Waals surface area contributed by atoms with Crippen LogP contribution >= 0.6 is 0 Å². The molecule has 0 aliphatic heterocycles. The van der Waals surface area contributed by atoms with Crippen LogP contribution in [-0.4, -0.2) is 17.4 Å². The van der Waals surface area contributed by atoms with Crippen LogP contribution in [0.25, 0.3) is 10.9 Å². The molecule has 4 nitrogen and oxygen atoms in total. The smallest absolute Gasteiger partial charge is 0.228 e. The van der Waals surface area contributed by atoms with Gasteiger partial charge >= 0.3 is 0 Å². The Bertz CT molecular complexity index is 559. The van der Waals surface area contributed by atoms with Crippen LogP contribution in [0, 0.1) is 11.8 Å². The molecule has 1 aromatic carbocycles. The Labute approximate surface area is 113 Å². The molecule has 1 aromatic heterocycles. The zero-order valence-electron chi connectivity index (χ0n) is 11.4. The summed E-state index contributed by atoms with van der Waals surface area (Å²) in [7, 11) is 0. The molecule has 0 spiro atoms. The Hall–Kier alpha value is -1.81. The molecule has 1 atom stereocenters. The van der Waals surface area contributed by atoms with Crippen LogP contribution in [0.3, 0.4) is 0 Å². The summed E-state index contributed by atoms with van der Waals surface area (Å²) in [5, 5.41) is 4.04. The minimum atomic E-state index is -0.123. The zero-order chi connectivity index (χ0) is 13.8. The highest BCUT2D eigenvalue weighted by Crippen LogP contribution is 2.19. The van der Waals surface area contributed by atoms with Crippen molar-refractivity contribution in [2.75, 3.05) is 11.9 Å². The van der Waals surface area contributed by atoms with E-state index in [1.165, 1.54) is 0 Å². The van der Waals surface area contributed by atoms with Gasteiger partial charge in [0.1, 0.15) is 0 Å². The Morgan fingerprint density at radius 1 is 1.37 bits per heavy atom. The summed E-state index contributed by atoms with van der Waals surface area (Å²) in [4.78, 5) is 15.3. The second-order valence-electron chi connectivity index (χ2n) is 5.33. The summed E-state index contributed by atoms with van der Waals surface area (Å²) in [6.45, 7) is 4.58. The quantitative estimate of drug-likeness (QED) is 0.772. The van der Waals surface area contributed by atoms with Gasteiger partial charge in [-0.15, -0.1) is 0 Å². The molecule has 0 fully saturated rings. The van der Waals surface area contributed by atoms with Crippen molar-refractivity contribution in [3.63, 3.8) is 0 Å². The highest BCUT2D eigenvalue weighted by molar-refractivity contribution is 5.95. The number of H-pyrrole nitrogens is 1. The van der Waals surface area contributed by atoms with E-state index in [1.807, 2.05) is 30.5 Å². The van der Waals surface area contributed by atoms with Gasteiger partial charge in [0.2, 0.25) is 5.91 Å². The maximum atomic E-state index is 12.2. The van der Waals surface area contributed by atoms with Crippen molar-refractivity contribution in [2.24, 2.45) is 17.6 Å². The largest absolute Gasteiger partial charge is 0.361 e. The summed E-state index contributed by atoms with van der Waals surface area (Å²) in [6.07, 6.45) is 2.70. The number of aromatic amines is 1. The monoisotopic (exact) mass is 259 g/mol. The lowest BCUT2D eigenvalue weighted by atomic mass is 9.96. The van der Waals surface area contributed by atoms with Crippen molar-refractivity contribution >= 4 is 22.5 Å². The molecule has 0 radical (unpaired) electrons. The average molecular weight is 259 g/mol. The molecular formula is C15H21N3O. The molecule has 102 valence electrons. The second kappa shape index (κ2) is 5.89. The zero-order valence-corrected chi connectivity index (χ0v) is 11.4. The number of hydrogen-bond acceptors (Lipinski definition) is 2. The van der Waals surface area contributed by atoms with E-state index in [0.29, 0.717) is 12.5 Å². The maximum Gasteiger partial charge on any atom is 0.228 e. The number of rotatable bonds is 5. The van der Waals surface area contributed by atoms with Gasteiger partial charge in [0.05, 0.1) is 5.92 Å². The van der Waals surface area contributed by atoms with E-state index in [0.717, 1.165) is 23.0 Å². The number of fused-ring (bicyclic) bond motifs is 1.